The van der Waals surface area contributed by atoms with Gasteiger partial charge in [-0.25, -0.2) is 0 Å². The zero-order valence-corrected chi connectivity index (χ0v) is 15.9. The number of amides is 1. The third kappa shape index (κ3) is 3.66. The fourth-order valence-corrected chi connectivity index (χ4v) is 3.90. The molecule has 0 bridgehead atoms. The highest BCUT2D eigenvalue weighted by molar-refractivity contribution is 5.93. The number of carbonyl (C=O) groups is 1. The first kappa shape index (κ1) is 22.1. The zero-order valence-electron chi connectivity index (χ0n) is 15.9. The average molecular weight is 431 g/mol. The van der Waals surface area contributed by atoms with Gasteiger partial charge in [0.1, 0.15) is 0 Å². The van der Waals surface area contributed by atoms with E-state index in [0.29, 0.717) is 25.0 Å². The van der Waals surface area contributed by atoms with Crippen molar-refractivity contribution in [3.8, 4) is 0 Å². The zero-order chi connectivity index (χ0) is 22.3. The van der Waals surface area contributed by atoms with Crippen molar-refractivity contribution in [2.75, 3.05) is 4.90 Å². The highest BCUT2D eigenvalue weighted by Crippen LogP contribution is 2.51. The number of rotatable bonds is 2. The van der Waals surface area contributed by atoms with Crippen LogP contribution in [0.3, 0.4) is 0 Å². The van der Waals surface area contributed by atoms with Crippen LogP contribution in [0.25, 0.3) is 0 Å². The van der Waals surface area contributed by atoms with Gasteiger partial charge in [-0.2, -0.15) is 26.3 Å². The van der Waals surface area contributed by atoms with Crippen molar-refractivity contribution in [2.45, 2.75) is 50.2 Å². The molecule has 3 nitrogen and oxygen atoms in total. The van der Waals surface area contributed by atoms with E-state index < -0.39 is 29.6 Å². The molecule has 1 amide bonds. The third-order valence-electron chi connectivity index (χ3n) is 5.34. The van der Waals surface area contributed by atoms with Crippen LogP contribution in [-0.2, 0) is 16.8 Å². The summed E-state index contributed by atoms with van der Waals surface area (Å²) in [6, 6.07) is 10.9. The normalized spacial score (nSPS) is 18.0. The first-order valence-corrected chi connectivity index (χ1v) is 9.22. The van der Waals surface area contributed by atoms with Gasteiger partial charge in [0.2, 0.25) is 5.91 Å². The molecule has 0 saturated carbocycles. The van der Waals surface area contributed by atoms with E-state index in [2.05, 4.69) is 0 Å². The Morgan fingerprint density at radius 1 is 1.00 bits per heavy atom. The summed E-state index contributed by atoms with van der Waals surface area (Å²) in [4.78, 5) is 13.8. The van der Waals surface area contributed by atoms with Crippen LogP contribution in [0.1, 0.15) is 42.5 Å². The largest absolute Gasteiger partial charge is 0.430 e. The third-order valence-corrected chi connectivity index (χ3v) is 5.34. The van der Waals surface area contributed by atoms with E-state index in [1.807, 2.05) is 12.1 Å². The van der Waals surface area contributed by atoms with E-state index in [1.54, 1.807) is 18.2 Å². The molecule has 1 N–H and O–H groups in total. The van der Waals surface area contributed by atoms with E-state index in [0.717, 1.165) is 11.6 Å². The summed E-state index contributed by atoms with van der Waals surface area (Å²) in [7, 11) is 0. The maximum absolute atomic E-state index is 13.3. The first-order valence-electron chi connectivity index (χ1n) is 9.22. The molecule has 0 radical (unpaired) electrons. The van der Waals surface area contributed by atoms with Gasteiger partial charge >= 0.3 is 12.4 Å². The van der Waals surface area contributed by atoms with Gasteiger partial charge in [0.05, 0.1) is 6.04 Å². The molecule has 30 heavy (non-hydrogen) atoms. The number of alkyl halides is 6. The Labute approximate surface area is 168 Å². The molecule has 1 atom stereocenters. The van der Waals surface area contributed by atoms with Gasteiger partial charge in [-0.15, -0.1) is 0 Å². The van der Waals surface area contributed by atoms with E-state index in [1.165, 1.54) is 11.8 Å². The van der Waals surface area contributed by atoms with Crippen molar-refractivity contribution in [2.24, 2.45) is 0 Å². The summed E-state index contributed by atoms with van der Waals surface area (Å²) in [6.07, 6.45) is -10.8. The molecule has 1 aliphatic rings. The van der Waals surface area contributed by atoms with Crippen LogP contribution >= 0.6 is 0 Å². The highest BCUT2D eigenvalue weighted by Gasteiger charge is 2.71. The second-order valence-corrected chi connectivity index (χ2v) is 7.26. The minimum absolute atomic E-state index is 0.146. The lowest BCUT2D eigenvalue weighted by molar-refractivity contribution is -0.376. The average Bonchev–Trinajstić information content (AvgIpc) is 2.85. The quantitative estimate of drug-likeness (QED) is 0.645. The predicted molar refractivity (Wildman–Crippen MR) is 97.7 cm³/mol. The summed E-state index contributed by atoms with van der Waals surface area (Å²) >= 11 is 0. The lowest BCUT2D eigenvalue weighted by Gasteiger charge is -2.34. The Balaban J connectivity index is 2.14. The number of aliphatic hydroxyl groups is 1. The molecule has 1 heterocycles. The number of carbonyl (C=O) groups excluding carboxylic acids is 1. The number of nitrogens with zero attached hydrogens (tertiary/aromatic N) is 1. The standard InChI is InChI=1S/C21H19F6NO2/c1-13(29)28-17(14-6-3-2-4-7-14)9-5-8-15-12-16(10-11-18(15)28)19(30,20(22,23)24)21(25,26)27/h2-4,6-7,10-12,17,30H,5,8-9H2,1H3. The summed E-state index contributed by atoms with van der Waals surface area (Å²) in [5.74, 6) is -0.387. The van der Waals surface area contributed by atoms with Gasteiger partial charge < -0.3 is 10.0 Å². The minimum atomic E-state index is -5.96. The molecule has 0 aliphatic carbocycles. The summed E-state index contributed by atoms with van der Waals surface area (Å²) in [6.45, 7) is 1.29. The Morgan fingerprint density at radius 3 is 2.13 bits per heavy atom. The van der Waals surface area contributed by atoms with E-state index in [4.69, 9.17) is 0 Å². The van der Waals surface area contributed by atoms with Gasteiger partial charge in [-0.3, -0.25) is 4.79 Å². The van der Waals surface area contributed by atoms with Crippen LogP contribution < -0.4 is 4.90 Å². The van der Waals surface area contributed by atoms with E-state index in [-0.39, 0.29) is 23.6 Å². The Bertz CT molecular complexity index is 909. The van der Waals surface area contributed by atoms with Crippen LogP contribution in [0.5, 0.6) is 0 Å². The van der Waals surface area contributed by atoms with Gasteiger partial charge in [-0.05, 0) is 36.5 Å². The van der Waals surface area contributed by atoms with Crippen molar-refractivity contribution in [1.29, 1.82) is 0 Å². The second-order valence-electron chi connectivity index (χ2n) is 7.26. The van der Waals surface area contributed by atoms with Crippen molar-refractivity contribution in [3.05, 3.63) is 65.2 Å². The number of fused-ring (bicyclic) bond motifs is 1. The summed E-state index contributed by atoms with van der Waals surface area (Å²) in [5.41, 5.74) is -5.12. The monoisotopic (exact) mass is 431 g/mol. The van der Waals surface area contributed by atoms with E-state index >= 15 is 0 Å². The molecule has 0 spiro atoms. The summed E-state index contributed by atoms with van der Waals surface area (Å²) < 4.78 is 79.5. The SMILES string of the molecule is CC(=O)N1c2ccc(C(O)(C(F)(F)F)C(F)(F)F)cc2CCCC1c1ccccc1. The van der Waals surface area contributed by atoms with Crippen LogP contribution in [-0.4, -0.2) is 23.4 Å². The molecule has 0 fully saturated rings. The minimum Gasteiger partial charge on any atom is -0.369 e. The lowest BCUT2D eigenvalue weighted by atomic mass is 9.89. The molecule has 3 rings (SSSR count). The predicted octanol–water partition coefficient (Wildman–Crippen LogP) is 5.43. The molecule has 162 valence electrons. The van der Waals surface area contributed by atoms with Crippen molar-refractivity contribution in [3.63, 3.8) is 0 Å². The van der Waals surface area contributed by atoms with Crippen LogP contribution in [0, 0.1) is 0 Å². The van der Waals surface area contributed by atoms with Crippen LogP contribution in [0.2, 0.25) is 0 Å². The Morgan fingerprint density at radius 2 is 1.60 bits per heavy atom. The number of anilines is 1. The number of hydrogen-bond donors (Lipinski definition) is 1. The molecule has 1 unspecified atom stereocenters. The Kier molecular flexibility index (Phi) is 5.62. The van der Waals surface area contributed by atoms with Crippen LogP contribution in [0.15, 0.2) is 48.5 Å². The lowest BCUT2D eigenvalue weighted by Crippen LogP contribution is -2.54. The molecule has 2 aromatic carbocycles. The topological polar surface area (TPSA) is 40.5 Å². The van der Waals surface area contributed by atoms with Crippen molar-refractivity contribution < 1.29 is 36.2 Å². The van der Waals surface area contributed by atoms with Gasteiger partial charge in [-0.1, -0.05) is 42.5 Å². The Hall–Kier alpha value is -2.55. The highest BCUT2D eigenvalue weighted by atomic mass is 19.4. The smallest absolute Gasteiger partial charge is 0.369 e. The maximum Gasteiger partial charge on any atom is 0.430 e. The van der Waals surface area contributed by atoms with Gasteiger partial charge in [0, 0.05) is 18.2 Å². The fraction of sp³-hybridized carbons (Fsp3) is 0.381. The van der Waals surface area contributed by atoms with Crippen molar-refractivity contribution >= 4 is 11.6 Å². The van der Waals surface area contributed by atoms with Gasteiger partial charge in [0.15, 0.2) is 0 Å². The summed E-state index contributed by atoms with van der Waals surface area (Å²) in [5, 5.41) is 9.70. The second kappa shape index (κ2) is 7.61. The first-order chi connectivity index (χ1) is 13.9. The van der Waals surface area contributed by atoms with Crippen molar-refractivity contribution in [1.82, 2.24) is 0 Å². The molecular weight excluding hydrogens is 412 g/mol. The molecule has 0 saturated heterocycles. The van der Waals surface area contributed by atoms with Crippen LogP contribution in [0.4, 0.5) is 32.0 Å². The number of aryl methyl sites for hydroxylation is 1. The molecular formula is C21H19F6NO2. The number of benzene rings is 2. The molecule has 1 aliphatic heterocycles. The number of halogens is 6. The van der Waals surface area contributed by atoms with E-state index in [9.17, 15) is 36.2 Å². The van der Waals surface area contributed by atoms with Gasteiger partial charge in [0.25, 0.3) is 5.60 Å². The fourth-order valence-electron chi connectivity index (χ4n) is 3.90. The molecule has 0 aromatic heterocycles. The maximum atomic E-state index is 13.3. The number of hydrogen-bond acceptors (Lipinski definition) is 2. The molecule has 2 aromatic rings. The molecule has 9 heteroatoms.